The number of anilines is 1. The van der Waals surface area contributed by atoms with Crippen molar-refractivity contribution < 1.29 is 9.72 Å². The minimum Gasteiger partial charge on any atom is -0.369 e. The molecule has 2 heterocycles. The van der Waals surface area contributed by atoms with Gasteiger partial charge in [0.2, 0.25) is 5.91 Å². The Labute approximate surface area is 159 Å². The molecule has 0 unspecified atom stereocenters. The van der Waals surface area contributed by atoms with Gasteiger partial charge < -0.3 is 16.0 Å². The van der Waals surface area contributed by atoms with E-state index in [1.54, 1.807) is 11.6 Å². The fourth-order valence-electron chi connectivity index (χ4n) is 3.19. The van der Waals surface area contributed by atoms with E-state index in [0.717, 1.165) is 12.1 Å². The van der Waals surface area contributed by atoms with Gasteiger partial charge in [-0.1, -0.05) is 0 Å². The van der Waals surface area contributed by atoms with Crippen LogP contribution in [0.15, 0.2) is 29.1 Å². The maximum atomic E-state index is 11.8. The highest BCUT2D eigenvalue weighted by Gasteiger charge is 2.28. The van der Waals surface area contributed by atoms with Gasteiger partial charge in [0.05, 0.1) is 33.4 Å². The first kappa shape index (κ1) is 18.8. The van der Waals surface area contributed by atoms with E-state index in [1.807, 2.05) is 16.3 Å². The SMILES string of the molecule is N#Cc1cc([N+](=O)[O-])ccc1N1CC[C@H](N[C@@H](Cc2cscn2)C(N)=O)C1. The molecule has 1 fully saturated rings. The van der Waals surface area contributed by atoms with Gasteiger partial charge in [0.15, 0.2) is 0 Å². The van der Waals surface area contributed by atoms with Crippen LogP contribution in [0.4, 0.5) is 11.4 Å². The zero-order chi connectivity index (χ0) is 19.4. The van der Waals surface area contributed by atoms with Crippen LogP contribution in [0.2, 0.25) is 0 Å². The van der Waals surface area contributed by atoms with Gasteiger partial charge in [-0.25, -0.2) is 4.98 Å². The van der Waals surface area contributed by atoms with E-state index in [9.17, 15) is 20.2 Å². The van der Waals surface area contributed by atoms with Gasteiger partial charge in [-0.2, -0.15) is 5.26 Å². The lowest BCUT2D eigenvalue weighted by Gasteiger charge is -2.22. The number of primary amides is 1. The summed E-state index contributed by atoms with van der Waals surface area (Å²) in [6.45, 7) is 1.25. The van der Waals surface area contributed by atoms with Gasteiger partial charge in [-0.3, -0.25) is 14.9 Å². The average molecular weight is 386 g/mol. The summed E-state index contributed by atoms with van der Waals surface area (Å²) in [5, 5.41) is 25.4. The predicted octanol–water partition coefficient (Wildman–Crippen LogP) is 1.19. The number of nitro groups is 1. The van der Waals surface area contributed by atoms with Gasteiger partial charge in [0.25, 0.3) is 5.69 Å². The molecule has 3 rings (SSSR count). The van der Waals surface area contributed by atoms with E-state index in [2.05, 4.69) is 10.3 Å². The summed E-state index contributed by atoms with van der Waals surface area (Å²) in [7, 11) is 0. The molecule has 0 saturated carbocycles. The van der Waals surface area contributed by atoms with Crippen molar-refractivity contribution in [1.29, 1.82) is 5.26 Å². The van der Waals surface area contributed by atoms with Gasteiger partial charge in [0.1, 0.15) is 6.07 Å². The van der Waals surface area contributed by atoms with Gasteiger partial charge in [0, 0.05) is 43.1 Å². The Kier molecular flexibility index (Phi) is 5.63. The number of nitro benzene ring substituents is 1. The number of carbonyl (C=O) groups is 1. The molecule has 1 aromatic heterocycles. The second-order valence-corrected chi connectivity index (χ2v) is 7.03. The molecule has 2 atom stereocenters. The summed E-state index contributed by atoms with van der Waals surface area (Å²) in [4.78, 5) is 28.3. The third-order valence-electron chi connectivity index (χ3n) is 4.52. The van der Waals surface area contributed by atoms with Crippen molar-refractivity contribution in [3.05, 3.63) is 50.5 Å². The lowest BCUT2D eigenvalue weighted by molar-refractivity contribution is -0.384. The Hall–Kier alpha value is -3.03. The molecular formula is C17H18N6O3S. The smallest absolute Gasteiger partial charge is 0.270 e. The Morgan fingerprint density at radius 3 is 3.04 bits per heavy atom. The molecule has 1 aliphatic heterocycles. The highest BCUT2D eigenvalue weighted by atomic mass is 32.1. The average Bonchev–Trinajstić information content (AvgIpc) is 3.32. The minimum atomic E-state index is -0.524. The highest BCUT2D eigenvalue weighted by Crippen LogP contribution is 2.28. The molecule has 0 spiro atoms. The fourth-order valence-corrected chi connectivity index (χ4v) is 3.76. The predicted molar refractivity (Wildman–Crippen MR) is 100 cm³/mol. The standard InChI is InChI=1S/C17H18N6O3S/c18-7-11-5-14(23(25)26)1-2-16(11)22-4-3-12(8-22)21-15(17(19)24)6-13-9-27-10-20-13/h1-2,5,9-10,12,15,21H,3-4,6,8H2,(H2,19,24)/t12-,15-/m0/s1. The molecule has 3 N–H and O–H groups in total. The van der Waals surface area contributed by atoms with Crippen molar-refractivity contribution >= 4 is 28.6 Å². The molecule has 0 aliphatic carbocycles. The molecule has 1 aliphatic rings. The molecule has 9 nitrogen and oxygen atoms in total. The number of hydrogen-bond donors (Lipinski definition) is 2. The lowest BCUT2D eigenvalue weighted by atomic mass is 10.1. The van der Waals surface area contributed by atoms with Crippen LogP contribution in [0.5, 0.6) is 0 Å². The number of non-ortho nitro benzene ring substituents is 1. The molecule has 10 heteroatoms. The van der Waals surface area contributed by atoms with Crippen molar-refractivity contribution in [2.45, 2.75) is 24.9 Å². The second kappa shape index (κ2) is 8.11. The van der Waals surface area contributed by atoms with Gasteiger partial charge in [-0.05, 0) is 12.5 Å². The first-order chi connectivity index (χ1) is 13.0. The van der Waals surface area contributed by atoms with Crippen molar-refractivity contribution in [3.8, 4) is 6.07 Å². The van der Waals surface area contributed by atoms with Crippen molar-refractivity contribution in [3.63, 3.8) is 0 Å². The van der Waals surface area contributed by atoms with E-state index in [-0.39, 0.29) is 17.3 Å². The number of hydrogen-bond acceptors (Lipinski definition) is 8. The molecular weight excluding hydrogens is 368 g/mol. The maximum Gasteiger partial charge on any atom is 0.270 e. The van der Waals surface area contributed by atoms with Crippen LogP contribution in [-0.2, 0) is 11.2 Å². The molecule has 140 valence electrons. The third-order valence-corrected chi connectivity index (χ3v) is 5.15. The first-order valence-electron chi connectivity index (χ1n) is 8.34. The summed E-state index contributed by atoms with van der Waals surface area (Å²) in [6, 6.07) is 5.79. The van der Waals surface area contributed by atoms with E-state index in [0.29, 0.717) is 25.2 Å². The van der Waals surface area contributed by atoms with Gasteiger partial charge in [-0.15, -0.1) is 11.3 Å². The number of amides is 1. The summed E-state index contributed by atoms with van der Waals surface area (Å²) < 4.78 is 0. The quantitative estimate of drug-likeness (QED) is 0.538. The van der Waals surface area contributed by atoms with Crippen LogP contribution >= 0.6 is 11.3 Å². The van der Waals surface area contributed by atoms with Crippen LogP contribution in [0.25, 0.3) is 0 Å². The summed E-state index contributed by atoms with van der Waals surface area (Å²) in [6.07, 6.45) is 1.19. The molecule has 27 heavy (non-hydrogen) atoms. The number of rotatable bonds is 7. The number of nitriles is 1. The van der Waals surface area contributed by atoms with E-state index < -0.39 is 16.9 Å². The number of benzene rings is 1. The van der Waals surface area contributed by atoms with E-state index in [1.165, 1.54) is 23.5 Å². The molecule has 0 radical (unpaired) electrons. The molecule has 1 saturated heterocycles. The minimum absolute atomic E-state index is 0.0165. The van der Waals surface area contributed by atoms with E-state index >= 15 is 0 Å². The Balaban J connectivity index is 1.68. The number of carbonyl (C=O) groups excluding carboxylic acids is 1. The number of nitrogens with zero attached hydrogens (tertiary/aromatic N) is 4. The van der Waals surface area contributed by atoms with Crippen molar-refractivity contribution in [2.75, 3.05) is 18.0 Å². The zero-order valence-electron chi connectivity index (χ0n) is 14.4. The monoisotopic (exact) mass is 386 g/mol. The zero-order valence-corrected chi connectivity index (χ0v) is 15.2. The number of nitrogens with one attached hydrogen (secondary N) is 1. The van der Waals surface area contributed by atoms with Crippen LogP contribution in [-0.4, -0.2) is 41.0 Å². The number of thiazole rings is 1. The fraction of sp³-hybridized carbons (Fsp3) is 0.353. The number of nitrogens with two attached hydrogens (primary N) is 1. The largest absolute Gasteiger partial charge is 0.369 e. The molecule has 1 aromatic carbocycles. The Bertz CT molecular complexity index is 879. The topological polar surface area (TPSA) is 138 Å². The van der Waals surface area contributed by atoms with Gasteiger partial charge >= 0.3 is 0 Å². The summed E-state index contributed by atoms with van der Waals surface area (Å²) in [5.41, 5.74) is 8.85. The third kappa shape index (κ3) is 4.39. The molecule has 1 amide bonds. The van der Waals surface area contributed by atoms with E-state index in [4.69, 9.17) is 5.73 Å². The summed E-state index contributed by atoms with van der Waals surface area (Å²) in [5.74, 6) is -0.436. The Morgan fingerprint density at radius 1 is 1.59 bits per heavy atom. The van der Waals surface area contributed by atoms with Crippen LogP contribution in [0.3, 0.4) is 0 Å². The normalized spacial score (nSPS) is 17.4. The Morgan fingerprint density at radius 2 is 2.41 bits per heavy atom. The van der Waals surface area contributed by atoms with Crippen molar-refractivity contribution in [1.82, 2.24) is 10.3 Å². The second-order valence-electron chi connectivity index (χ2n) is 6.31. The summed E-state index contributed by atoms with van der Waals surface area (Å²) >= 11 is 1.46. The highest BCUT2D eigenvalue weighted by molar-refractivity contribution is 7.07. The molecule has 0 bridgehead atoms. The molecule has 2 aromatic rings. The van der Waals surface area contributed by atoms with Crippen LogP contribution < -0.4 is 16.0 Å². The maximum absolute atomic E-state index is 11.8. The number of aromatic nitrogens is 1. The lowest BCUT2D eigenvalue weighted by Crippen LogP contribution is -2.48. The van der Waals surface area contributed by atoms with Crippen LogP contribution in [0.1, 0.15) is 17.7 Å². The van der Waals surface area contributed by atoms with Crippen LogP contribution in [0, 0.1) is 21.4 Å². The first-order valence-corrected chi connectivity index (χ1v) is 9.28. The van der Waals surface area contributed by atoms with Crippen molar-refractivity contribution in [2.24, 2.45) is 5.73 Å².